The van der Waals surface area contributed by atoms with E-state index in [0.29, 0.717) is 6.04 Å². The van der Waals surface area contributed by atoms with Gasteiger partial charge in [-0.3, -0.25) is 15.0 Å². The summed E-state index contributed by atoms with van der Waals surface area (Å²) in [6.45, 7) is 8.58. The van der Waals surface area contributed by atoms with Crippen molar-refractivity contribution in [1.82, 2.24) is 10.2 Å². The molecule has 5 nitrogen and oxygen atoms in total. The summed E-state index contributed by atoms with van der Waals surface area (Å²) in [5.41, 5.74) is -0.622. The molecule has 0 aromatic rings. The maximum Gasteiger partial charge on any atom is 0.325 e. The Morgan fingerprint density at radius 2 is 2.00 bits per heavy atom. The van der Waals surface area contributed by atoms with E-state index in [-0.39, 0.29) is 12.0 Å². The van der Waals surface area contributed by atoms with Gasteiger partial charge in [-0.05, 0) is 40.0 Å². The highest BCUT2D eigenvalue weighted by atomic mass is 16.5. The molecule has 1 rings (SSSR count). The number of esters is 1. The number of nitrogens with zero attached hydrogens (tertiary/aromatic N) is 1. The largest absolute Gasteiger partial charge is 0.468 e. The van der Waals surface area contributed by atoms with E-state index in [1.165, 1.54) is 20.0 Å². The number of ether oxygens (including phenoxy) is 2. The number of hydrogen-bond donors (Lipinski definition) is 1. The van der Waals surface area contributed by atoms with Crippen molar-refractivity contribution in [2.24, 2.45) is 0 Å². The van der Waals surface area contributed by atoms with Gasteiger partial charge in [-0.15, -0.1) is 0 Å². The Labute approximate surface area is 123 Å². The average Bonchev–Trinajstić information content (AvgIpc) is 3.21. The molecule has 1 unspecified atom stereocenters. The Morgan fingerprint density at radius 1 is 1.35 bits per heavy atom. The SMILES string of the molecule is COCCN(CCC(C)(NC(C)C)C(=O)OC)C1CC1. The Morgan fingerprint density at radius 3 is 2.45 bits per heavy atom. The fourth-order valence-electron chi connectivity index (χ4n) is 2.59. The van der Waals surface area contributed by atoms with Crippen LogP contribution in [-0.4, -0.2) is 62.4 Å². The Bertz CT molecular complexity index is 305. The molecular formula is C15H30N2O3. The minimum absolute atomic E-state index is 0.186. The van der Waals surface area contributed by atoms with Gasteiger partial charge < -0.3 is 9.47 Å². The van der Waals surface area contributed by atoms with Crippen LogP contribution in [0.3, 0.4) is 0 Å². The molecular weight excluding hydrogens is 256 g/mol. The van der Waals surface area contributed by atoms with Crippen LogP contribution in [0.2, 0.25) is 0 Å². The van der Waals surface area contributed by atoms with Gasteiger partial charge in [0.1, 0.15) is 5.54 Å². The zero-order chi connectivity index (χ0) is 15.2. The maximum absolute atomic E-state index is 12.1. The summed E-state index contributed by atoms with van der Waals surface area (Å²) in [4.78, 5) is 14.5. The summed E-state index contributed by atoms with van der Waals surface area (Å²) in [6.07, 6.45) is 3.27. The van der Waals surface area contributed by atoms with E-state index in [2.05, 4.69) is 10.2 Å². The summed E-state index contributed by atoms with van der Waals surface area (Å²) in [5.74, 6) is -0.186. The third-order valence-corrected chi connectivity index (χ3v) is 3.79. The van der Waals surface area contributed by atoms with Crippen LogP contribution >= 0.6 is 0 Å². The number of carbonyl (C=O) groups is 1. The first-order chi connectivity index (χ1) is 9.42. The van der Waals surface area contributed by atoms with Gasteiger partial charge in [0, 0.05) is 32.3 Å². The molecule has 1 N–H and O–H groups in total. The van der Waals surface area contributed by atoms with Crippen molar-refractivity contribution in [2.45, 2.75) is 57.7 Å². The molecule has 1 fully saturated rings. The lowest BCUT2D eigenvalue weighted by molar-refractivity contribution is -0.148. The minimum Gasteiger partial charge on any atom is -0.468 e. The molecule has 0 saturated heterocycles. The van der Waals surface area contributed by atoms with E-state index in [1.54, 1.807) is 7.11 Å². The van der Waals surface area contributed by atoms with Crippen molar-refractivity contribution in [2.75, 3.05) is 33.9 Å². The highest BCUT2D eigenvalue weighted by Gasteiger charge is 2.37. The fourth-order valence-corrected chi connectivity index (χ4v) is 2.59. The lowest BCUT2D eigenvalue weighted by Crippen LogP contribution is -2.54. The fraction of sp³-hybridized carbons (Fsp3) is 0.933. The summed E-state index contributed by atoms with van der Waals surface area (Å²) in [7, 11) is 3.18. The summed E-state index contributed by atoms with van der Waals surface area (Å²) in [6, 6.07) is 0.915. The van der Waals surface area contributed by atoms with Gasteiger partial charge >= 0.3 is 5.97 Å². The molecule has 0 amide bonds. The van der Waals surface area contributed by atoms with E-state index >= 15 is 0 Å². The number of methoxy groups -OCH3 is 2. The Kier molecular flexibility index (Phi) is 6.92. The molecule has 0 radical (unpaired) electrons. The third-order valence-electron chi connectivity index (χ3n) is 3.79. The van der Waals surface area contributed by atoms with Crippen LogP contribution in [0.1, 0.15) is 40.0 Å². The maximum atomic E-state index is 12.1. The van der Waals surface area contributed by atoms with Crippen LogP contribution in [0, 0.1) is 0 Å². The second kappa shape index (κ2) is 7.96. The first-order valence-electron chi connectivity index (χ1n) is 7.52. The zero-order valence-corrected chi connectivity index (χ0v) is 13.6. The average molecular weight is 286 g/mol. The minimum atomic E-state index is -0.622. The Hall–Kier alpha value is -0.650. The lowest BCUT2D eigenvalue weighted by Gasteiger charge is -2.33. The van der Waals surface area contributed by atoms with Crippen LogP contribution in [0.25, 0.3) is 0 Å². The molecule has 0 aliphatic heterocycles. The molecule has 0 spiro atoms. The smallest absolute Gasteiger partial charge is 0.325 e. The van der Waals surface area contributed by atoms with Crippen LogP contribution in [0.4, 0.5) is 0 Å². The van der Waals surface area contributed by atoms with Gasteiger partial charge in [0.25, 0.3) is 0 Å². The normalized spacial score (nSPS) is 18.4. The van der Waals surface area contributed by atoms with E-state index in [9.17, 15) is 4.79 Å². The van der Waals surface area contributed by atoms with E-state index in [1.807, 2.05) is 20.8 Å². The molecule has 0 aromatic carbocycles. The molecule has 0 heterocycles. The van der Waals surface area contributed by atoms with Crippen LogP contribution < -0.4 is 5.32 Å². The first kappa shape index (κ1) is 17.4. The first-order valence-corrected chi connectivity index (χ1v) is 7.52. The molecule has 5 heteroatoms. The Balaban J connectivity index is 2.56. The highest BCUT2D eigenvalue weighted by Crippen LogP contribution is 2.27. The predicted molar refractivity (Wildman–Crippen MR) is 79.8 cm³/mol. The van der Waals surface area contributed by atoms with Crippen molar-refractivity contribution < 1.29 is 14.3 Å². The third kappa shape index (κ3) is 5.38. The van der Waals surface area contributed by atoms with Crippen molar-refractivity contribution in [3.8, 4) is 0 Å². The molecule has 118 valence electrons. The lowest BCUT2D eigenvalue weighted by atomic mass is 9.96. The summed E-state index contributed by atoms with van der Waals surface area (Å²) >= 11 is 0. The highest BCUT2D eigenvalue weighted by molar-refractivity contribution is 5.80. The van der Waals surface area contributed by atoms with Crippen LogP contribution in [-0.2, 0) is 14.3 Å². The summed E-state index contributed by atoms with van der Waals surface area (Å²) in [5, 5.41) is 3.35. The summed E-state index contributed by atoms with van der Waals surface area (Å²) < 4.78 is 10.1. The predicted octanol–water partition coefficient (Wildman–Crippen LogP) is 1.42. The van der Waals surface area contributed by atoms with Gasteiger partial charge in [0.15, 0.2) is 0 Å². The van der Waals surface area contributed by atoms with E-state index < -0.39 is 5.54 Å². The molecule has 1 aliphatic carbocycles. The number of rotatable bonds is 10. The molecule has 1 saturated carbocycles. The van der Waals surface area contributed by atoms with Crippen molar-refractivity contribution in [1.29, 1.82) is 0 Å². The van der Waals surface area contributed by atoms with Gasteiger partial charge in [0.05, 0.1) is 13.7 Å². The monoisotopic (exact) mass is 286 g/mol. The molecule has 0 bridgehead atoms. The molecule has 20 heavy (non-hydrogen) atoms. The van der Waals surface area contributed by atoms with Gasteiger partial charge in [0.2, 0.25) is 0 Å². The van der Waals surface area contributed by atoms with E-state index in [0.717, 1.165) is 26.1 Å². The molecule has 1 atom stereocenters. The zero-order valence-electron chi connectivity index (χ0n) is 13.6. The van der Waals surface area contributed by atoms with Crippen molar-refractivity contribution in [3.05, 3.63) is 0 Å². The number of nitrogens with one attached hydrogen (secondary N) is 1. The molecule has 1 aliphatic rings. The van der Waals surface area contributed by atoms with Crippen molar-refractivity contribution >= 4 is 5.97 Å². The van der Waals surface area contributed by atoms with Gasteiger partial charge in [-0.2, -0.15) is 0 Å². The van der Waals surface area contributed by atoms with E-state index in [4.69, 9.17) is 9.47 Å². The number of hydrogen-bond acceptors (Lipinski definition) is 5. The number of carbonyl (C=O) groups excluding carboxylic acids is 1. The van der Waals surface area contributed by atoms with Gasteiger partial charge in [-0.25, -0.2) is 0 Å². The second-order valence-corrected chi connectivity index (χ2v) is 6.13. The quantitative estimate of drug-likeness (QED) is 0.616. The van der Waals surface area contributed by atoms with Crippen LogP contribution in [0.5, 0.6) is 0 Å². The van der Waals surface area contributed by atoms with Crippen LogP contribution in [0.15, 0.2) is 0 Å². The second-order valence-electron chi connectivity index (χ2n) is 6.13. The topological polar surface area (TPSA) is 50.8 Å². The van der Waals surface area contributed by atoms with Crippen molar-refractivity contribution in [3.63, 3.8) is 0 Å². The van der Waals surface area contributed by atoms with Gasteiger partial charge in [-0.1, -0.05) is 0 Å². The molecule has 0 aromatic heterocycles. The standard InChI is InChI=1S/C15H30N2O3/c1-12(2)16-15(3,14(18)20-5)8-9-17(10-11-19-4)13-6-7-13/h12-13,16H,6-11H2,1-5H3.